The molecule has 2 aliphatic rings. The van der Waals surface area contributed by atoms with E-state index in [-0.39, 0.29) is 17.4 Å². The van der Waals surface area contributed by atoms with Gasteiger partial charge in [0.05, 0.1) is 16.0 Å². The normalized spacial score (nSPS) is 28.7. The molecular formula is C24H25Cl2N3O. The van der Waals surface area contributed by atoms with Crippen molar-refractivity contribution in [1.82, 2.24) is 15.0 Å². The highest BCUT2D eigenvalue weighted by atomic mass is 35.5. The number of rotatable bonds is 4. The fourth-order valence-electron chi connectivity index (χ4n) is 5.79. The van der Waals surface area contributed by atoms with Crippen molar-refractivity contribution in [3.63, 3.8) is 0 Å². The number of halogens is 2. The summed E-state index contributed by atoms with van der Waals surface area (Å²) in [5, 5.41) is 5.53. The SMILES string of the molecule is CC[C@@]12CC[C@@H](CC(c3ccc(Cl)c(Cl)c3)C1c1nc(-c3ccccc3)no1)N2C. The average Bonchev–Trinajstić information content (AvgIpc) is 3.32. The molecule has 5 rings (SSSR count). The molecule has 6 heteroatoms. The lowest BCUT2D eigenvalue weighted by Gasteiger charge is -2.50. The van der Waals surface area contributed by atoms with Gasteiger partial charge < -0.3 is 4.52 Å². The first-order chi connectivity index (χ1) is 14.5. The molecule has 156 valence electrons. The van der Waals surface area contributed by atoms with Crippen molar-refractivity contribution < 1.29 is 4.52 Å². The molecule has 3 aromatic rings. The van der Waals surface area contributed by atoms with E-state index in [1.165, 1.54) is 12.0 Å². The number of fused-ring (bicyclic) bond motifs is 2. The Morgan fingerprint density at radius 1 is 1.13 bits per heavy atom. The molecule has 0 saturated carbocycles. The van der Waals surface area contributed by atoms with Gasteiger partial charge in [-0.25, -0.2) is 0 Å². The van der Waals surface area contributed by atoms with Crippen LogP contribution in [0.1, 0.15) is 55.9 Å². The Bertz CT molecular complexity index is 1050. The molecule has 2 aliphatic heterocycles. The molecule has 2 saturated heterocycles. The van der Waals surface area contributed by atoms with Crippen LogP contribution < -0.4 is 0 Å². The third kappa shape index (κ3) is 3.08. The van der Waals surface area contributed by atoms with Crippen LogP contribution in [0.5, 0.6) is 0 Å². The van der Waals surface area contributed by atoms with Gasteiger partial charge in [0.25, 0.3) is 0 Å². The fraction of sp³-hybridized carbons (Fsp3) is 0.417. The van der Waals surface area contributed by atoms with Gasteiger partial charge in [0.1, 0.15) is 0 Å². The minimum absolute atomic E-state index is 0.000185. The Morgan fingerprint density at radius 3 is 2.67 bits per heavy atom. The molecule has 0 radical (unpaired) electrons. The molecule has 2 aromatic carbocycles. The monoisotopic (exact) mass is 441 g/mol. The standard InChI is InChI=1S/C24H25Cl2N3O/c1-3-24-12-11-17(29(24)2)14-18(16-9-10-19(25)20(26)13-16)21(24)23-27-22(28-30-23)15-7-5-4-6-8-15/h4-10,13,17-18,21H,3,11-12,14H2,1-2H3/t17-,18?,21?,24+/m0/s1. The predicted octanol–water partition coefficient (Wildman–Crippen LogP) is 6.56. The zero-order valence-electron chi connectivity index (χ0n) is 17.2. The molecule has 2 fully saturated rings. The lowest BCUT2D eigenvalue weighted by molar-refractivity contribution is 0.0293. The highest BCUT2D eigenvalue weighted by Gasteiger charge is 2.57. The first kappa shape index (κ1) is 20.0. The summed E-state index contributed by atoms with van der Waals surface area (Å²) in [5.41, 5.74) is 2.17. The van der Waals surface area contributed by atoms with E-state index in [4.69, 9.17) is 32.7 Å². The summed E-state index contributed by atoms with van der Waals surface area (Å²) in [5.74, 6) is 1.73. The summed E-state index contributed by atoms with van der Waals surface area (Å²) in [4.78, 5) is 7.47. The van der Waals surface area contributed by atoms with Gasteiger partial charge in [0, 0.05) is 17.1 Å². The third-order valence-electron chi connectivity index (χ3n) is 7.39. The lowest BCUT2D eigenvalue weighted by atomic mass is 9.67. The number of piperidine rings is 1. The first-order valence-electron chi connectivity index (χ1n) is 10.6. The number of aromatic nitrogens is 2. The zero-order valence-corrected chi connectivity index (χ0v) is 18.7. The minimum Gasteiger partial charge on any atom is -0.339 e. The predicted molar refractivity (Wildman–Crippen MR) is 120 cm³/mol. The molecule has 0 amide bonds. The largest absolute Gasteiger partial charge is 0.339 e. The van der Waals surface area contributed by atoms with Crippen LogP contribution in [-0.4, -0.2) is 33.7 Å². The van der Waals surface area contributed by atoms with E-state index in [9.17, 15) is 0 Å². The third-order valence-corrected chi connectivity index (χ3v) is 8.13. The van der Waals surface area contributed by atoms with Crippen molar-refractivity contribution in [2.45, 2.75) is 56.0 Å². The van der Waals surface area contributed by atoms with Crippen molar-refractivity contribution >= 4 is 23.2 Å². The molecule has 2 bridgehead atoms. The van der Waals surface area contributed by atoms with Crippen LogP contribution in [0, 0.1) is 0 Å². The Balaban J connectivity index is 1.62. The molecule has 30 heavy (non-hydrogen) atoms. The summed E-state index contributed by atoms with van der Waals surface area (Å²) in [6, 6.07) is 16.6. The number of benzene rings is 2. The van der Waals surface area contributed by atoms with Crippen LogP contribution in [0.2, 0.25) is 10.0 Å². The summed E-state index contributed by atoms with van der Waals surface area (Å²) in [6.45, 7) is 2.28. The van der Waals surface area contributed by atoms with Gasteiger partial charge in [-0.3, -0.25) is 4.90 Å². The Labute approximate surface area is 187 Å². The maximum absolute atomic E-state index is 6.40. The lowest BCUT2D eigenvalue weighted by Crippen LogP contribution is -2.54. The Hall–Kier alpha value is -1.88. The van der Waals surface area contributed by atoms with E-state index >= 15 is 0 Å². The molecule has 3 heterocycles. The van der Waals surface area contributed by atoms with Crippen molar-refractivity contribution in [3.05, 3.63) is 70.0 Å². The van der Waals surface area contributed by atoms with Gasteiger partial charge in [0.15, 0.2) is 0 Å². The summed E-state index contributed by atoms with van der Waals surface area (Å²) in [6.07, 6.45) is 4.41. The van der Waals surface area contributed by atoms with E-state index in [1.807, 2.05) is 42.5 Å². The maximum atomic E-state index is 6.40. The molecule has 1 aromatic heterocycles. The second-order valence-electron chi connectivity index (χ2n) is 8.58. The van der Waals surface area contributed by atoms with Crippen LogP contribution in [0.3, 0.4) is 0 Å². The molecule has 0 N–H and O–H groups in total. The van der Waals surface area contributed by atoms with Crippen molar-refractivity contribution in [2.24, 2.45) is 0 Å². The van der Waals surface area contributed by atoms with Crippen LogP contribution in [0.15, 0.2) is 53.1 Å². The van der Waals surface area contributed by atoms with Crippen LogP contribution in [0.4, 0.5) is 0 Å². The minimum atomic E-state index is 0.000185. The zero-order chi connectivity index (χ0) is 20.9. The van der Waals surface area contributed by atoms with Gasteiger partial charge in [-0.1, -0.05) is 71.7 Å². The first-order valence-corrected chi connectivity index (χ1v) is 11.4. The van der Waals surface area contributed by atoms with E-state index in [1.54, 1.807) is 0 Å². The highest BCUT2D eigenvalue weighted by molar-refractivity contribution is 6.42. The van der Waals surface area contributed by atoms with Crippen molar-refractivity contribution in [2.75, 3.05) is 7.05 Å². The molecule has 4 nitrogen and oxygen atoms in total. The smallest absolute Gasteiger partial charge is 0.232 e. The molecule has 0 spiro atoms. The van der Waals surface area contributed by atoms with Crippen LogP contribution >= 0.6 is 23.2 Å². The van der Waals surface area contributed by atoms with E-state index in [2.05, 4.69) is 30.1 Å². The Kier molecular flexibility index (Phi) is 5.12. The molecule has 2 unspecified atom stereocenters. The number of hydrogen-bond acceptors (Lipinski definition) is 4. The van der Waals surface area contributed by atoms with Gasteiger partial charge in [-0.15, -0.1) is 0 Å². The topological polar surface area (TPSA) is 42.2 Å². The van der Waals surface area contributed by atoms with Crippen molar-refractivity contribution in [1.29, 1.82) is 0 Å². The van der Waals surface area contributed by atoms with E-state index < -0.39 is 0 Å². The molecular weight excluding hydrogens is 417 g/mol. The van der Waals surface area contributed by atoms with Gasteiger partial charge in [-0.2, -0.15) is 4.98 Å². The summed E-state index contributed by atoms with van der Waals surface area (Å²) in [7, 11) is 2.26. The van der Waals surface area contributed by atoms with Crippen molar-refractivity contribution in [3.8, 4) is 11.4 Å². The summed E-state index contributed by atoms with van der Waals surface area (Å²) < 4.78 is 5.94. The number of hydrogen-bond donors (Lipinski definition) is 0. The average molecular weight is 442 g/mol. The van der Waals surface area contributed by atoms with Gasteiger partial charge >= 0.3 is 0 Å². The fourth-order valence-corrected chi connectivity index (χ4v) is 6.10. The van der Waals surface area contributed by atoms with E-state index in [0.29, 0.717) is 21.9 Å². The molecule has 0 aliphatic carbocycles. The number of likely N-dealkylation sites (N-methyl/N-ethyl adjacent to an activating group) is 1. The Morgan fingerprint density at radius 2 is 1.93 bits per heavy atom. The maximum Gasteiger partial charge on any atom is 0.232 e. The number of nitrogens with zero attached hydrogens (tertiary/aromatic N) is 3. The second kappa shape index (κ2) is 7.67. The van der Waals surface area contributed by atoms with E-state index in [0.717, 1.165) is 30.7 Å². The highest BCUT2D eigenvalue weighted by Crippen LogP contribution is 2.58. The van der Waals surface area contributed by atoms with Crippen LogP contribution in [0.25, 0.3) is 11.4 Å². The van der Waals surface area contributed by atoms with Gasteiger partial charge in [0.2, 0.25) is 11.7 Å². The van der Waals surface area contributed by atoms with Gasteiger partial charge in [-0.05, 0) is 56.3 Å². The molecule has 4 atom stereocenters. The van der Waals surface area contributed by atoms with Crippen LogP contribution in [-0.2, 0) is 0 Å². The summed E-state index contributed by atoms with van der Waals surface area (Å²) >= 11 is 12.6. The quantitative estimate of drug-likeness (QED) is 0.459. The second-order valence-corrected chi connectivity index (χ2v) is 9.39.